The molecule has 2 atom stereocenters. The predicted molar refractivity (Wildman–Crippen MR) is 49.6 cm³/mol. The Morgan fingerprint density at radius 2 is 2.57 bits per heavy atom. The molecule has 1 aromatic heterocycles. The highest BCUT2D eigenvalue weighted by Gasteiger charge is 2.36. The van der Waals surface area contributed by atoms with Crippen molar-refractivity contribution in [2.24, 2.45) is 5.92 Å². The number of nitrogens with zero attached hydrogens (tertiary/aromatic N) is 3. The van der Waals surface area contributed by atoms with Gasteiger partial charge in [-0.2, -0.15) is 5.10 Å². The fourth-order valence-corrected chi connectivity index (χ4v) is 1.93. The zero-order valence-corrected chi connectivity index (χ0v) is 8.26. The number of aliphatic hydroxyl groups is 1. The Labute approximate surface area is 82.7 Å². The van der Waals surface area contributed by atoms with Crippen LogP contribution >= 0.6 is 0 Å². The zero-order valence-electron chi connectivity index (χ0n) is 8.26. The summed E-state index contributed by atoms with van der Waals surface area (Å²) in [7, 11) is 0. The van der Waals surface area contributed by atoms with E-state index in [0.717, 1.165) is 6.42 Å². The first-order valence-corrected chi connectivity index (χ1v) is 4.79. The van der Waals surface area contributed by atoms with Gasteiger partial charge in [-0.05, 0) is 13.3 Å². The van der Waals surface area contributed by atoms with Gasteiger partial charge in [0.05, 0.1) is 18.8 Å². The molecule has 1 fully saturated rings. The van der Waals surface area contributed by atoms with Gasteiger partial charge in [0.15, 0.2) is 0 Å². The van der Waals surface area contributed by atoms with E-state index >= 15 is 0 Å². The molecule has 0 bridgehead atoms. The summed E-state index contributed by atoms with van der Waals surface area (Å²) in [6, 6.07) is 0. The summed E-state index contributed by atoms with van der Waals surface area (Å²) in [5.41, 5.74) is -0.207. The molecule has 1 N–H and O–H groups in total. The predicted octanol–water partition coefficient (Wildman–Crippen LogP) is 0.0656. The smallest absolute Gasteiger partial charge is 0.137 e. The molecular weight excluding hydrogens is 182 g/mol. The van der Waals surface area contributed by atoms with Gasteiger partial charge in [-0.15, -0.1) is 0 Å². The molecule has 5 heteroatoms. The Bertz CT molecular complexity index is 288. The minimum absolute atomic E-state index is 0.201. The third-order valence-electron chi connectivity index (χ3n) is 2.61. The van der Waals surface area contributed by atoms with Crippen LogP contribution in [-0.4, -0.2) is 38.7 Å². The Kier molecular flexibility index (Phi) is 2.52. The lowest BCUT2D eigenvalue weighted by Crippen LogP contribution is -2.30. The summed E-state index contributed by atoms with van der Waals surface area (Å²) in [5.74, 6) is 0.267. The van der Waals surface area contributed by atoms with Crippen molar-refractivity contribution in [1.29, 1.82) is 0 Å². The Hall–Kier alpha value is -0.940. The largest absolute Gasteiger partial charge is 0.396 e. The molecular formula is C9H15N3O2. The summed E-state index contributed by atoms with van der Waals surface area (Å²) in [4.78, 5) is 3.88. The number of aromatic nitrogens is 3. The summed E-state index contributed by atoms with van der Waals surface area (Å²) in [6.45, 7) is 3.59. The fourth-order valence-electron chi connectivity index (χ4n) is 1.93. The molecule has 1 unspecified atom stereocenters. The van der Waals surface area contributed by atoms with Crippen LogP contribution in [0.3, 0.4) is 0 Å². The van der Waals surface area contributed by atoms with E-state index in [4.69, 9.17) is 9.84 Å². The number of hydrogen-bond acceptors (Lipinski definition) is 4. The molecule has 2 rings (SSSR count). The Morgan fingerprint density at radius 3 is 3.14 bits per heavy atom. The normalized spacial score (nSPS) is 32.3. The zero-order chi connectivity index (χ0) is 10.0. The highest BCUT2D eigenvalue weighted by molar-refractivity contribution is 4.85. The van der Waals surface area contributed by atoms with Crippen LogP contribution in [0.5, 0.6) is 0 Å². The molecule has 78 valence electrons. The highest BCUT2D eigenvalue weighted by atomic mass is 16.5. The van der Waals surface area contributed by atoms with Gasteiger partial charge >= 0.3 is 0 Å². The molecule has 0 amide bonds. The number of ether oxygens (including phenoxy) is 1. The minimum Gasteiger partial charge on any atom is -0.396 e. The Balaban J connectivity index is 1.97. The van der Waals surface area contributed by atoms with E-state index in [1.165, 1.54) is 6.33 Å². The average molecular weight is 197 g/mol. The van der Waals surface area contributed by atoms with Crippen LogP contribution in [0.15, 0.2) is 12.7 Å². The maximum atomic E-state index is 9.01. The SMILES string of the molecule is CC1(Cn2cncn2)C[C@H](CO)CO1. The maximum absolute atomic E-state index is 9.01. The van der Waals surface area contributed by atoms with E-state index in [2.05, 4.69) is 10.1 Å². The first kappa shape index (κ1) is 9.61. The minimum atomic E-state index is -0.207. The van der Waals surface area contributed by atoms with Crippen LogP contribution in [-0.2, 0) is 11.3 Å². The van der Waals surface area contributed by atoms with Crippen molar-refractivity contribution in [3.8, 4) is 0 Å². The van der Waals surface area contributed by atoms with Crippen LogP contribution in [0, 0.1) is 5.92 Å². The highest BCUT2D eigenvalue weighted by Crippen LogP contribution is 2.30. The van der Waals surface area contributed by atoms with Gasteiger partial charge in [0.1, 0.15) is 12.7 Å². The average Bonchev–Trinajstić information content (AvgIpc) is 2.76. The van der Waals surface area contributed by atoms with Crippen LogP contribution in [0.1, 0.15) is 13.3 Å². The van der Waals surface area contributed by atoms with E-state index in [1.807, 2.05) is 6.92 Å². The van der Waals surface area contributed by atoms with Crippen LogP contribution < -0.4 is 0 Å². The second kappa shape index (κ2) is 3.67. The van der Waals surface area contributed by atoms with Crippen molar-refractivity contribution in [2.45, 2.75) is 25.5 Å². The van der Waals surface area contributed by atoms with Crippen molar-refractivity contribution in [3.05, 3.63) is 12.7 Å². The van der Waals surface area contributed by atoms with Gasteiger partial charge in [-0.3, -0.25) is 4.68 Å². The summed E-state index contributed by atoms with van der Waals surface area (Å²) < 4.78 is 7.43. The number of rotatable bonds is 3. The van der Waals surface area contributed by atoms with Gasteiger partial charge in [0.2, 0.25) is 0 Å². The van der Waals surface area contributed by atoms with Gasteiger partial charge in [0, 0.05) is 12.5 Å². The molecule has 0 aromatic carbocycles. The van der Waals surface area contributed by atoms with Crippen molar-refractivity contribution in [3.63, 3.8) is 0 Å². The van der Waals surface area contributed by atoms with Gasteiger partial charge < -0.3 is 9.84 Å². The molecule has 1 saturated heterocycles. The molecule has 1 aromatic rings. The lowest BCUT2D eigenvalue weighted by Gasteiger charge is -2.22. The molecule has 5 nitrogen and oxygen atoms in total. The van der Waals surface area contributed by atoms with Crippen molar-refractivity contribution in [2.75, 3.05) is 13.2 Å². The summed E-state index contributed by atoms with van der Waals surface area (Å²) >= 11 is 0. The number of aliphatic hydroxyl groups excluding tert-OH is 1. The quantitative estimate of drug-likeness (QED) is 0.744. The maximum Gasteiger partial charge on any atom is 0.137 e. The van der Waals surface area contributed by atoms with Crippen molar-refractivity contribution in [1.82, 2.24) is 14.8 Å². The lowest BCUT2D eigenvalue weighted by molar-refractivity contribution is 0.00201. The molecule has 14 heavy (non-hydrogen) atoms. The molecule has 0 aliphatic carbocycles. The van der Waals surface area contributed by atoms with Crippen molar-refractivity contribution < 1.29 is 9.84 Å². The fraction of sp³-hybridized carbons (Fsp3) is 0.778. The first-order chi connectivity index (χ1) is 6.72. The summed E-state index contributed by atoms with van der Waals surface area (Å²) in [6.07, 6.45) is 4.08. The molecule has 0 saturated carbocycles. The van der Waals surface area contributed by atoms with E-state index in [0.29, 0.717) is 13.2 Å². The summed E-state index contributed by atoms with van der Waals surface area (Å²) in [5, 5.41) is 13.0. The van der Waals surface area contributed by atoms with Crippen LogP contribution in [0.2, 0.25) is 0 Å². The van der Waals surface area contributed by atoms with E-state index in [9.17, 15) is 0 Å². The second-order valence-electron chi connectivity index (χ2n) is 4.11. The molecule has 0 spiro atoms. The monoisotopic (exact) mass is 197 g/mol. The molecule has 1 aliphatic rings. The van der Waals surface area contributed by atoms with Gasteiger partial charge in [0.25, 0.3) is 0 Å². The van der Waals surface area contributed by atoms with Crippen molar-refractivity contribution >= 4 is 0 Å². The number of hydrogen-bond donors (Lipinski definition) is 1. The van der Waals surface area contributed by atoms with Crippen LogP contribution in [0.25, 0.3) is 0 Å². The Morgan fingerprint density at radius 1 is 1.71 bits per heavy atom. The third-order valence-corrected chi connectivity index (χ3v) is 2.61. The molecule has 2 heterocycles. The lowest BCUT2D eigenvalue weighted by atomic mass is 9.96. The van der Waals surface area contributed by atoms with E-state index in [1.54, 1.807) is 11.0 Å². The first-order valence-electron chi connectivity index (χ1n) is 4.79. The van der Waals surface area contributed by atoms with E-state index in [-0.39, 0.29) is 18.1 Å². The molecule has 1 aliphatic heterocycles. The van der Waals surface area contributed by atoms with Gasteiger partial charge in [-0.1, -0.05) is 0 Å². The standard InChI is InChI=1S/C9H15N3O2/c1-9(2-8(3-13)4-14-9)5-12-7-10-6-11-12/h6-8,13H,2-5H2,1H3/t8-,9?/m1/s1. The topological polar surface area (TPSA) is 60.2 Å². The van der Waals surface area contributed by atoms with Crippen LogP contribution in [0.4, 0.5) is 0 Å². The second-order valence-corrected chi connectivity index (χ2v) is 4.11. The third kappa shape index (κ3) is 1.93. The van der Waals surface area contributed by atoms with Gasteiger partial charge in [-0.25, -0.2) is 4.98 Å². The van der Waals surface area contributed by atoms with E-state index < -0.39 is 0 Å². The molecule has 0 radical (unpaired) electrons.